The Hall–Kier alpha value is -3.64. The summed E-state index contributed by atoms with van der Waals surface area (Å²) in [5.41, 5.74) is 5.15. The van der Waals surface area contributed by atoms with Crippen LogP contribution in [0.2, 0.25) is 5.02 Å². The number of amides is 2. The minimum atomic E-state index is -0.508. The van der Waals surface area contributed by atoms with E-state index >= 15 is 0 Å². The molecule has 40 heavy (non-hydrogen) atoms. The number of fused-ring (bicyclic) bond motifs is 1. The van der Waals surface area contributed by atoms with Crippen LogP contribution in [-0.4, -0.2) is 27.0 Å². The van der Waals surface area contributed by atoms with Crippen LogP contribution < -0.4 is 10.9 Å². The SMILES string of the molecule is CCCN(C(=O)Nc1c(C(C)C)cccc1C(C)C)C(C)c1nc2cc(Cl)ccc2c(=O)n1-c1ccc(C)cc1. The lowest BCUT2D eigenvalue weighted by Gasteiger charge is -2.31. The Balaban J connectivity index is 1.86. The van der Waals surface area contributed by atoms with Gasteiger partial charge in [0.1, 0.15) is 5.82 Å². The molecule has 1 aromatic heterocycles. The van der Waals surface area contributed by atoms with Crippen molar-refractivity contribution in [3.63, 3.8) is 0 Å². The first-order valence-electron chi connectivity index (χ1n) is 14.0. The molecule has 1 heterocycles. The number of carbonyl (C=O) groups excluding carboxylic acids is 1. The monoisotopic (exact) mass is 558 g/mol. The van der Waals surface area contributed by atoms with E-state index in [9.17, 15) is 9.59 Å². The minimum absolute atomic E-state index is 0.198. The van der Waals surface area contributed by atoms with Crippen LogP contribution in [0.1, 0.15) is 88.4 Å². The van der Waals surface area contributed by atoms with E-state index in [1.807, 2.05) is 45.0 Å². The number of aromatic nitrogens is 2. The van der Waals surface area contributed by atoms with E-state index in [0.29, 0.717) is 34.0 Å². The smallest absolute Gasteiger partial charge is 0.315 e. The van der Waals surface area contributed by atoms with Gasteiger partial charge in [-0.2, -0.15) is 0 Å². The summed E-state index contributed by atoms with van der Waals surface area (Å²) < 4.78 is 1.62. The lowest BCUT2D eigenvalue weighted by atomic mass is 9.92. The first-order chi connectivity index (χ1) is 19.0. The summed E-state index contributed by atoms with van der Waals surface area (Å²) >= 11 is 6.29. The third-order valence-corrected chi connectivity index (χ3v) is 7.56. The molecule has 0 bridgehead atoms. The first kappa shape index (κ1) is 29.3. The van der Waals surface area contributed by atoms with Crippen molar-refractivity contribution < 1.29 is 4.79 Å². The number of para-hydroxylation sites is 1. The van der Waals surface area contributed by atoms with Gasteiger partial charge < -0.3 is 10.2 Å². The zero-order valence-corrected chi connectivity index (χ0v) is 25.2. The summed E-state index contributed by atoms with van der Waals surface area (Å²) in [6.07, 6.45) is 0.745. The Labute approximate surface area is 242 Å². The Morgan fingerprint density at radius 3 is 2.17 bits per heavy atom. The van der Waals surface area contributed by atoms with Crippen molar-refractivity contribution >= 4 is 34.2 Å². The number of urea groups is 1. The molecule has 0 aliphatic carbocycles. The summed E-state index contributed by atoms with van der Waals surface area (Å²) in [6.45, 7) is 15.0. The van der Waals surface area contributed by atoms with Crippen LogP contribution in [-0.2, 0) is 0 Å². The van der Waals surface area contributed by atoms with Crippen LogP contribution in [0, 0.1) is 6.92 Å². The van der Waals surface area contributed by atoms with Gasteiger partial charge in [0.15, 0.2) is 0 Å². The molecule has 0 fully saturated rings. The van der Waals surface area contributed by atoms with Gasteiger partial charge in [0, 0.05) is 17.3 Å². The van der Waals surface area contributed by atoms with Crippen LogP contribution in [0.5, 0.6) is 0 Å². The quantitative estimate of drug-likeness (QED) is 0.235. The second-order valence-corrected chi connectivity index (χ2v) is 11.5. The molecule has 1 unspecified atom stereocenters. The topological polar surface area (TPSA) is 67.2 Å². The number of anilines is 1. The molecule has 0 aliphatic rings. The van der Waals surface area contributed by atoms with Gasteiger partial charge in [-0.05, 0) is 73.6 Å². The lowest BCUT2D eigenvalue weighted by Crippen LogP contribution is -2.40. The average Bonchev–Trinajstić information content (AvgIpc) is 2.91. The van der Waals surface area contributed by atoms with E-state index in [2.05, 4.69) is 51.2 Å². The van der Waals surface area contributed by atoms with Crippen molar-refractivity contribution in [2.45, 2.75) is 72.8 Å². The van der Waals surface area contributed by atoms with Gasteiger partial charge in [-0.1, -0.05) is 82.1 Å². The first-order valence-corrected chi connectivity index (χ1v) is 14.4. The number of rotatable bonds is 8. The van der Waals surface area contributed by atoms with E-state index in [1.54, 1.807) is 27.7 Å². The molecule has 1 N–H and O–H groups in total. The predicted molar refractivity (Wildman–Crippen MR) is 166 cm³/mol. The molecular weight excluding hydrogens is 520 g/mol. The fraction of sp³-hybridized carbons (Fsp3) is 0.364. The molecule has 2 amide bonds. The number of hydrogen-bond donors (Lipinski definition) is 1. The second-order valence-electron chi connectivity index (χ2n) is 11.0. The maximum atomic E-state index is 14.0. The largest absolute Gasteiger partial charge is 0.322 e. The molecule has 6 nitrogen and oxygen atoms in total. The van der Waals surface area contributed by atoms with Gasteiger partial charge >= 0.3 is 6.03 Å². The maximum Gasteiger partial charge on any atom is 0.322 e. The van der Waals surface area contributed by atoms with Gasteiger partial charge in [-0.15, -0.1) is 0 Å². The number of benzene rings is 3. The zero-order valence-electron chi connectivity index (χ0n) is 24.5. The van der Waals surface area contributed by atoms with Crippen molar-refractivity contribution in [1.29, 1.82) is 0 Å². The molecule has 3 aromatic carbocycles. The maximum absolute atomic E-state index is 14.0. The Bertz CT molecular complexity index is 1550. The van der Waals surface area contributed by atoms with Crippen LogP contribution in [0.3, 0.4) is 0 Å². The molecule has 0 aliphatic heterocycles. The van der Waals surface area contributed by atoms with Crippen molar-refractivity contribution in [2.24, 2.45) is 0 Å². The molecule has 210 valence electrons. The minimum Gasteiger partial charge on any atom is -0.315 e. The second kappa shape index (κ2) is 12.3. The molecule has 0 saturated heterocycles. The highest BCUT2D eigenvalue weighted by Gasteiger charge is 2.28. The van der Waals surface area contributed by atoms with Gasteiger partial charge in [0.25, 0.3) is 5.56 Å². The summed E-state index contributed by atoms with van der Waals surface area (Å²) in [6, 6.07) is 18.3. The molecule has 4 rings (SSSR count). The number of nitrogens with zero attached hydrogens (tertiary/aromatic N) is 3. The average molecular weight is 559 g/mol. The molecular formula is C33H39ClN4O2. The van der Waals surface area contributed by atoms with Crippen LogP contribution in [0.15, 0.2) is 65.5 Å². The lowest BCUT2D eigenvalue weighted by molar-refractivity contribution is 0.189. The standard InChI is InChI=1S/C33H39ClN4O2/c1-8-18-37(33(40)36-30-26(20(2)3)10-9-11-27(30)21(4)5)23(7)31-35-29-19-24(34)14-17-28(29)32(39)38(31)25-15-12-22(6)13-16-25/h9-17,19-21,23H,8,18H2,1-7H3,(H,36,40). The Morgan fingerprint density at radius 1 is 0.975 bits per heavy atom. The molecule has 4 aromatic rings. The molecule has 0 spiro atoms. The summed E-state index contributed by atoms with van der Waals surface area (Å²) in [7, 11) is 0. The van der Waals surface area contributed by atoms with Gasteiger partial charge in [0.2, 0.25) is 0 Å². The highest BCUT2D eigenvalue weighted by molar-refractivity contribution is 6.31. The third kappa shape index (κ3) is 5.92. The fourth-order valence-corrected chi connectivity index (χ4v) is 5.29. The third-order valence-electron chi connectivity index (χ3n) is 7.32. The predicted octanol–water partition coefficient (Wildman–Crippen LogP) is 8.60. The highest BCUT2D eigenvalue weighted by Crippen LogP contribution is 2.33. The van der Waals surface area contributed by atoms with E-state index in [0.717, 1.165) is 28.8 Å². The van der Waals surface area contributed by atoms with Gasteiger partial charge in [-0.25, -0.2) is 9.78 Å². The zero-order chi connectivity index (χ0) is 29.1. The van der Waals surface area contributed by atoms with Crippen LogP contribution >= 0.6 is 11.6 Å². The van der Waals surface area contributed by atoms with E-state index < -0.39 is 6.04 Å². The van der Waals surface area contributed by atoms with Crippen LogP contribution in [0.4, 0.5) is 10.5 Å². The molecule has 7 heteroatoms. The normalized spacial score (nSPS) is 12.2. The van der Waals surface area contributed by atoms with E-state index in [4.69, 9.17) is 16.6 Å². The van der Waals surface area contributed by atoms with E-state index in [1.165, 1.54) is 0 Å². The van der Waals surface area contributed by atoms with E-state index in [-0.39, 0.29) is 23.4 Å². The number of hydrogen-bond acceptors (Lipinski definition) is 3. The van der Waals surface area contributed by atoms with Crippen molar-refractivity contribution in [1.82, 2.24) is 14.5 Å². The van der Waals surface area contributed by atoms with Gasteiger partial charge in [0.05, 0.1) is 22.6 Å². The molecule has 0 saturated carbocycles. The number of halogens is 1. The summed E-state index contributed by atoms with van der Waals surface area (Å²) in [5, 5.41) is 4.23. The number of aryl methyl sites for hydroxylation is 1. The van der Waals surface area contributed by atoms with Crippen LogP contribution in [0.25, 0.3) is 16.6 Å². The van der Waals surface area contributed by atoms with Crippen molar-refractivity contribution in [2.75, 3.05) is 11.9 Å². The highest BCUT2D eigenvalue weighted by atomic mass is 35.5. The summed E-state index contributed by atoms with van der Waals surface area (Å²) in [4.78, 5) is 34.6. The number of nitrogens with one attached hydrogen (secondary N) is 1. The molecule has 1 atom stereocenters. The summed E-state index contributed by atoms with van der Waals surface area (Å²) in [5.74, 6) is 0.961. The van der Waals surface area contributed by atoms with Gasteiger partial charge in [-0.3, -0.25) is 9.36 Å². The molecule has 0 radical (unpaired) electrons. The Kier molecular flexibility index (Phi) is 8.99. The number of carbonyl (C=O) groups is 1. The van der Waals surface area contributed by atoms with Crippen molar-refractivity contribution in [3.05, 3.63) is 98.6 Å². The van der Waals surface area contributed by atoms with Crippen molar-refractivity contribution in [3.8, 4) is 5.69 Å². The Morgan fingerprint density at radius 2 is 1.60 bits per heavy atom. The fourth-order valence-electron chi connectivity index (χ4n) is 5.13.